The lowest BCUT2D eigenvalue weighted by atomic mass is 9.75. The molecule has 38 heavy (non-hydrogen) atoms. The molecule has 3 heterocycles. The Bertz CT molecular complexity index is 740. The van der Waals surface area contributed by atoms with Crippen LogP contribution in [0.5, 0.6) is 0 Å². The molecule has 0 radical (unpaired) electrons. The van der Waals surface area contributed by atoms with Gasteiger partial charge in [-0.2, -0.15) is 0 Å². The van der Waals surface area contributed by atoms with Crippen LogP contribution < -0.4 is 0 Å². The van der Waals surface area contributed by atoms with Gasteiger partial charge in [0, 0.05) is 5.92 Å². The van der Waals surface area contributed by atoms with Gasteiger partial charge in [0.2, 0.25) is 0 Å². The Kier molecular flexibility index (Phi) is 10.8. The molecule has 11 N–H and O–H groups in total. The fourth-order valence-electron chi connectivity index (χ4n) is 5.17. The normalized spacial score (nSPS) is 50.0. The molecule has 16 heteroatoms. The van der Waals surface area contributed by atoms with Crippen molar-refractivity contribution < 1.29 is 79.9 Å². The summed E-state index contributed by atoms with van der Waals surface area (Å²) in [5, 5.41) is 112. The summed E-state index contributed by atoms with van der Waals surface area (Å²) in [6.45, 7) is 0.937. The Labute approximate surface area is 218 Å². The Morgan fingerprint density at radius 1 is 0.605 bits per heavy atom. The highest BCUT2D eigenvalue weighted by molar-refractivity contribution is 5.01. The van der Waals surface area contributed by atoms with Crippen LogP contribution >= 0.6 is 0 Å². The number of hydrogen-bond donors (Lipinski definition) is 11. The first-order valence-electron chi connectivity index (χ1n) is 12.4. The standard InChI is InChI=1S/C22H40O16/c1-3-22(2,38-21-17(32)13(28)11(26)8(5-24)36-21)10-7(4-23)35-20(16(31)12(10)27)37-18-9(6-25)34-19(33)15(30)14(18)29/h7-21,23-33H,3-6H2,1-2H3/t7?,8?,9?,10-,11-,12?,13+,14?,15+,16+,17?,18-,19?,20-,21-,22?/m1/s1. The summed E-state index contributed by atoms with van der Waals surface area (Å²) in [6, 6.07) is 0. The largest absolute Gasteiger partial charge is 0.394 e. The molecule has 0 bridgehead atoms. The van der Waals surface area contributed by atoms with Gasteiger partial charge in [-0.3, -0.25) is 0 Å². The van der Waals surface area contributed by atoms with Gasteiger partial charge in [-0.15, -0.1) is 0 Å². The molecule has 3 aliphatic heterocycles. The quantitative estimate of drug-likeness (QED) is 0.125. The van der Waals surface area contributed by atoms with Crippen LogP contribution in [0.25, 0.3) is 0 Å². The van der Waals surface area contributed by atoms with E-state index >= 15 is 0 Å². The molecule has 224 valence electrons. The molecule has 0 aromatic heterocycles. The van der Waals surface area contributed by atoms with Crippen LogP contribution in [0.15, 0.2) is 0 Å². The van der Waals surface area contributed by atoms with Gasteiger partial charge < -0.3 is 79.9 Å². The lowest BCUT2D eigenvalue weighted by molar-refractivity contribution is -0.374. The first-order valence-corrected chi connectivity index (χ1v) is 12.4. The zero-order valence-corrected chi connectivity index (χ0v) is 20.9. The number of aliphatic hydroxyl groups is 11. The number of aliphatic hydroxyl groups excluding tert-OH is 11. The Morgan fingerprint density at radius 2 is 1.16 bits per heavy atom. The van der Waals surface area contributed by atoms with Crippen molar-refractivity contribution in [3.05, 3.63) is 0 Å². The monoisotopic (exact) mass is 560 g/mol. The van der Waals surface area contributed by atoms with Crippen LogP contribution in [-0.4, -0.2) is 168 Å². The summed E-state index contributed by atoms with van der Waals surface area (Å²) < 4.78 is 27.6. The zero-order chi connectivity index (χ0) is 28.5. The molecule has 0 amide bonds. The van der Waals surface area contributed by atoms with E-state index in [0.717, 1.165) is 0 Å². The molecule has 3 fully saturated rings. The number of ether oxygens (including phenoxy) is 5. The molecule has 0 saturated carbocycles. The van der Waals surface area contributed by atoms with Gasteiger partial charge in [0.25, 0.3) is 0 Å². The summed E-state index contributed by atoms with van der Waals surface area (Å²) >= 11 is 0. The van der Waals surface area contributed by atoms with Crippen LogP contribution in [0, 0.1) is 5.92 Å². The fourth-order valence-corrected chi connectivity index (χ4v) is 5.17. The van der Waals surface area contributed by atoms with E-state index in [-0.39, 0.29) is 6.42 Å². The summed E-state index contributed by atoms with van der Waals surface area (Å²) in [6.07, 6.45) is -22.6. The predicted octanol–water partition coefficient (Wildman–Crippen LogP) is -6.16. The lowest BCUT2D eigenvalue weighted by Gasteiger charge is -2.52. The van der Waals surface area contributed by atoms with Crippen molar-refractivity contribution >= 4 is 0 Å². The van der Waals surface area contributed by atoms with Crippen molar-refractivity contribution in [3.8, 4) is 0 Å². The van der Waals surface area contributed by atoms with Gasteiger partial charge in [0.05, 0.1) is 37.6 Å². The van der Waals surface area contributed by atoms with Gasteiger partial charge in [0.1, 0.15) is 54.9 Å². The predicted molar refractivity (Wildman–Crippen MR) is 120 cm³/mol. The highest BCUT2D eigenvalue weighted by atomic mass is 16.7. The Hall–Kier alpha value is -0.640. The molecule has 3 aliphatic rings. The first kappa shape index (κ1) is 31.9. The van der Waals surface area contributed by atoms with Gasteiger partial charge in [0.15, 0.2) is 18.9 Å². The van der Waals surface area contributed by atoms with E-state index in [1.165, 1.54) is 6.92 Å². The molecule has 16 nitrogen and oxygen atoms in total. The first-order chi connectivity index (χ1) is 17.8. The summed E-state index contributed by atoms with van der Waals surface area (Å²) in [4.78, 5) is 0. The SMILES string of the molecule is CCC(C)(O[C@H]1OC(CO)[C@@H](O)[C@H](O)C1O)[C@@H]1C(CO)O[C@H](O[C@@H]2C(CO)OC(O)[C@@H](O)C2O)[C@@H](O)C1O. The van der Waals surface area contributed by atoms with E-state index in [0.29, 0.717) is 0 Å². The molecule has 0 aliphatic carbocycles. The van der Waals surface area contributed by atoms with Crippen molar-refractivity contribution in [1.82, 2.24) is 0 Å². The zero-order valence-electron chi connectivity index (χ0n) is 20.9. The van der Waals surface area contributed by atoms with Crippen LogP contribution in [0.1, 0.15) is 20.3 Å². The third kappa shape index (κ3) is 6.01. The van der Waals surface area contributed by atoms with Crippen LogP contribution in [-0.2, 0) is 23.7 Å². The maximum atomic E-state index is 11.1. The molecule has 0 spiro atoms. The van der Waals surface area contributed by atoms with Crippen LogP contribution in [0.3, 0.4) is 0 Å². The van der Waals surface area contributed by atoms with Gasteiger partial charge in [-0.25, -0.2) is 0 Å². The number of rotatable bonds is 9. The van der Waals surface area contributed by atoms with Crippen molar-refractivity contribution in [2.45, 2.75) is 112 Å². The van der Waals surface area contributed by atoms with E-state index in [1.54, 1.807) is 6.92 Å². The molecule has 0 aromatic carbocycles. The van der Waals surface area contributed by atoms with Crippen molar-refractivity contribution in [2.75, 3.05) is 19.8 Å². The van der Waals surface area contributed by atoms with Gasteiger partial charge in [-0.1, -0.05) is 6.92 Å². The van der Waals surface area contributed by atoms with E-state index in [9.17, 15) is 56.2 Å². The Balaban J connectivity index is 1.80. The second kappa shape index (κ2) is 12.9. The maximum Gasteiger partial charge on any atom is 0.187 e. The summed E-state index contributed by atoms with van der Waals surface area (Å²) in [5.41, 5.74) is -1.51. The highest BCUT2D eigenvalue weighted by Crippen LogP contribution is 2.41. The average molecular weight is 561 g/mol. The average Bonchev–Trinajstić information content (AvgIpc) is 2.90. The lowest BCUT2D eigenvalue weighted by Crippen LogP contribution is -2.67. The molecule has 0 aromatic rings. The van der Waals surface area contributed by atoms with E-state index in [2.05, 4.69) is 0 Å². The van der Waals surface area contributed by atoms with Crippen molar-refractivity contribution in [3.63, 3.8) is 0 Å². The molecular formula is C22H40O16. The molecule has 16 atom stereocenters. The minimum Gasteiger partial charge on any atom is -0.394 e. The van der Waals surface area contributed by atoms with Crippen LogP contribution in [0.4, 0.5) is 0 Å². The number of hydrogen-bond acceptors (Lipinski definition) is 16. The second-order valence-corrected chi connectivity index (χ2v) is 10.0. The molecule has 3 rings (SSSR count). The topological polar surface area (TPSA) is 269 Å². The smallest absolute Gasteiger partial charge is 0.187 e. The molecule has 8 unspecified atom stereocenters. The van der Waals surface area contributed by atoms with Gasteiger partial charge in [-0.05, 0) is 13.3 Å². The van der Waals surface area contributed by atoms with Crippen molar-refractivity contribution in [1.29, 1.82) is 0 Å². The van der Waals surface area contributed by atoms with E-state index in [4.69, 9.17) is 23.7 Å². The van der Waals surface area contributed by atoms with Gasteiger partial charge >= 0.3 is 0 Å². The van der Waals surface area contributed by atoms with Crippen molar-refractivity contribution in [2.24, 2.45) is 5.92 Å². The minimum absolute atomic E-state index is 0.0910. The summed E-state index contributed by atoms with van der Waals surface area (Å²) in [7, 11) is 0. The van der Waals surface area contributed by atoms with E-state index < -0.39 is 117 Å². The Morgan fingerprint density at radius 3 is 1.71 bits per heavy atom. The summed E-state index contributed by atoms with van der Waals surface area (Å²) in [5.74, 6) is -1.20. The molecular weight excluding hydrogens is 520 g/mol. The second-order valence-electron chi connectivity index (χ2n) is 10.0. The molecule has 3 saturated heterocycles. The third-order valence-corrected chi connectivity index (χ3v) is 7.66. The third-order valence-electron chi connectivity index (χ3n) is 7.66. The minimum atomic E-state index is -1.83. The fraction of sp³-hybridized carbons (Fsp3) is 1.00. The highest BCUT2D eigenvalue weighted by Gasteiger charge is 2.56. The maximum absolute atomic E-state index is 11.1. The van der Waals surface area contributed by atoms with Crippen LogP contribution in [0.2, 0.25) is 0 Å². The van der Waals surface area contributed by atoms with E-state index in [1.807, 2.05) is 0 Å².